The molecule has 2 bridgehead atoms. The van der Waals surface area contributed by atoms with Gasteiger partial charge in [-0.2, -0.15) is 0 Å². The van der Waals surface area contributed by atoms with Gasteiger partial charge in [0, 0.05) is 30.9 Å². The van der Waals surface area contributed by atoms with Gasteiger partial charge in [-0.1, -0.05) is 6.07 Å². The Hall–Kier alpha value is -3.30. The van der Waals surface area contributed by atoms with Gasteiger partial charge in [0.1, 0.15) is 17.7 Å². The first-order chi connectivity index (χ1) is 15.5. The summed E-state index contributed by atoms with van der Waals surface area (Å²) in [6, 6.07) is 7.90. The lowest BCUT2D eigenvalue weighted by molar-refractivity contribution is -0.0175. The number of aromatic hydroxyl groups is 1. The summed E-state index contributed by atoms with van der Waals surface area (Å²) >= 11 is 0. The maximum Gasteiger partial charge on any atom is 0.248 e. The molecule has 1 aromatic carbocycles. The number of hydrogen-bond donors (Lipinski definition) is 3. The second kappa shape index (κ2) is 8.33. The number of nitrogens with zero attached hydrogens (tertiary/aromatic N) is 3. The van der Waals surface area contributed by atoms with Gasteiger partial charge in [-0.05, 0) is 35.7 Å². The molecule has 4 heterocycles. The van der Waals surface area contributed by atoms with E-state index in [4.69, 9.17) is 4.74 Å². The molecule has 2 aliphatic rings. The molecule has 4 atom stereocenters. The smallest absolute Gasteiger partial charge is 0.248 e. The molecule has 166 valence electrons. The Morgan fingerprint density at radius 1 is 1.16 bits per heavy atom. The average molecular weight is 437 g/mol. The van der Waals surface area contributed by atoms with Gasteiger partial charge >= 0.3 is 0 Å². The van der Waals surface area contributed by atoms with Crippen LogP contribution in [-0.4, -0.2) is 64.6 Å². The Balaban J connectivity index is 1.36. The zero-order valence-electron chi connectivity index (χ0n) is 17.5. The molecule has 2 aromatic heterocycles. The third kappa shape index (κ3) is 3.85. The van der Waals surface area contributed by atoms with Crippen LogP contribution in [0.15, 0.2) is 53.7 Å². The van der Waals surface area contributed by atoms with Crippen molar-refractivity contribution in [1.29, 1.82) is 0 Å². The van der Waals surface area contributed by atoms with E-state index in [0.29, 0.717) is 42.3 Å². The van der Waals surface area contributed by atoms with Crippen LogP contribution in [-0.2, 0) is 4.74 Å². The summed E-state index contributed by atoms with van der Waals surface area (Å²) < 4.78 is 20.4. The zero-order chi connectivity index (χ0) is 22.2. The Kier molecular flexibility index (Phi) is 5.36. The van der Waals surface area contributed by atoms with Gasteiger partial charge in [0.15, 0.2) is 0 Å². The predicted molar refractivity (Wildman–Crippen MR) is 118 cm³/mol. The number of halogens is 1. The van der Waals surface area contributed by atoms with Gasteiger partial charge in [-0.3, -0.25) is 9.78 Å². The summed E-state index contributed by atoms with van der Waals surface area (Å²) in [6.07, 6.45) is 4.29. The lowest BCUT2D eigenvalue weighted by atomic mass is 9.90. The molecule has 0 amide bonds. The molecule has 32 heavy (non-hydrogen) atoms. The number of nitrogens with one attached hydrogen (secondary N) is 2. The molecule has 0 radical (unpaired) electrons. The Morgan fingerprint density at radius 2 is 2.00 bits per heavy atom. The molecule has 0 aliphatic carbocycles. The Labute approximate surface area is 184 Å². The second-order valence-corrected chi connectivity index (χ2v) is 8.30. The van der Waals surface area contributed by atoms with Crippen LogP contribution in [0.4, 0.5) is 10.2 Å². The van der Waals surface area contributed by atoms with Crippen LogP contribution >= 0.6 is 0 Å². The normalized spacial score (nSPS) is 24.8. The number of morpholine rings is 1. The van der Waals surface area contributed by atoms with Crippen molar-refractivity contribution in [3.05, 3.63) is 59.3 Å². The van der Waals surface area contributed by atoms with E-state index in [0.717, 1.165) is 5.56 Å². The highest BCUT2D eigenvalue weighted by Crippen LogP contribution is 2.33. The van der Waals surface area contributed by atoms with Crippen molar-refractivity contribution in [2.75, 3.05) is 25.2 Å². The topological polar surface area (TPSA) is 103 Å². The number of hydrogen-bond acceptors (Lipinski definition) is 7. The standard InChI is InChI=1S/C23H24FN5O3/c1-29(19-8-15-11-32-12-18(28-15)23(19)24)21-10-26-17(9-27-21)16-3-2-13(6-20(16)30)14-4-5-25-22(31)7-14/h2-7,9-10,15,18-19,23,28,30H,8,11-12H2,1H3,(H,25,31)/t15?,18?,19-,23+/m1/s1. The number of benzene rings is 1. The summed E-state index contributed by atoms with van der Waals surface area (Å²) in [5.74, 6) is 0.607. The minimum Gasteiger partial charge on any atom is -0.507 e. The third-order valence-corrected chi connectivity index (χ3v) is 6.22. The predicted octanol–water partition coefficient (Wildman–Crippen LogP) is 2.11. The monoisotopic (exact) mass is 437 g/mol. The molecule has 5 rings (SSSR count). The van der Waals surface area contributed by atoms with Crippen LogP contribution in [0, 0.1) is 0 Å². The SMILES string of the molecule is CN(c1cnc(-c2ccc(-c3cc[nH]c(=O)c3)cc2O)cn1)[C@@H]1CC2COCC(N2)[C@@H]1F. The summed E-state index contributed by atoms with van der Waals surface area (Å²) in [6.45, 7) is 0.962. The third-order valence-electron chi connectivity index (χ3n) is 6.22. The molecule has 2 fully saturated rings. The number of phenols is 1. The fraction of sp³-hybridized carbons (Fsp3) is 0.348. The minimum absolute atomic E-state index is 0.0354. The summed E-state index contributed by atoms with van der Waals surface area (Å²) in [7, 11) is 1.83. The van der Waals surface area contributed by atoms with Crippen molar-refractivity contribution in [2.45, 2.75) is 30.7 Å². The van der Waals surface area contributed by atoms with Crippen molar-refractivity contribution in [1.82, 2.24) is 20.3 Å². The lowest BCUT2D eigenvalue weighted by Crippen LogP contribution is -2.65. The highest BCUT2D eigenvalue weighted by Gasteiger charge is 2.42. The summed E-state index contributed by atoms with van der Waals surface area (Å²) in [5.41, 5.74) is 2.24. The number of pyridine rings is 1. The number of ether oxygens (including phenoxy) is 1. The fourth-order valence-electron chi connectivity index (χ4n) is 4.48. The first-order valence-corrected chi connectivity index (χ1v) is 10.5. The van der Waals surface area contributed by atoms with Crippen LogP contribution in [0.2, 0.25) is 0 Å². The number of alkyl halides is 1. The number of aromatic amines is 1. The van der Waals surface area contributed by atoms with E-state index in [1.54, 1.807) is 36.8 Å². The quantitative estimate of drug-likeness (QED) is 0.574. The number of aromatic nitrogens is 3. The molecule has 2 saturated heterocycles. The van der Waals surface area contributed by atoms with E-state index in [1.807, 2.05) is 18.0 Å². The molecule has 3 aromatic rings. The molecular formula is C23H24FN5O3. The van der Waals surface area contributed by atoms with E-state index in [1.165, 1.54) is 6.07 Å². The minimum atomic E-state index is -1.07. The van der Waals surface area contributed by atoms with Crippen LogP contribution in [0.25, 0.3) is 22.4 Å². The van der Waals surface area contributed by atoms with Crippen LogP contribution in [0.5, 0.6) is 5.75 Å². The maximum atomic E-state index is 15.0. The Bertz CT molecular complexity index is 1170. The van der Waals surface area contributed by atoms with Crippen molar-refractivity contribution >= 4 is 5.82 Å². The molecular weight excluding hydrogens is 413 g/mol. The van der Waals surface area contributed by atoms with Crippen molar-refractivity contribution in [3.63, 3.8) is 0 Å². The van der Waals surface area contributed by atoms with E-state index < -0.39 is 6.17 Å². The number of fused-ring (bicyclic) bond motifs is 2. The van der Waals surface area contributed by atoms with E-state index in [2.05, 4.69) is 20.3 Å². The average Bonchev–Trinajstić information content (AvgIpc) is 2.81. The zero-order valence-corrected chi connectivity index (χ0v) is 17.5. The molecule has 3 N–H and O–H groups in total. The number of phenolic OH excluding ortho intramolecular Hbond substituents is 1. The summed E-state index contributed by atoms with van der Waals surface area (Å²) in [4.78, 5) is 24.9. The first kappa shape index (κ1) is 20.6. The first-order valence-electron chi connectivity index (χ1n) is 10.5. The number of anilines is 1. The van der Waals surface area contributed by atoms with E-state index in [9.17, 15) is 14.3 Å². The second-order valence-electron chi connectivity index (χ2n) is 8.30. The number of H-pyrrole nitrogens is 1. The molecule has 0 spiro atoms. The Morgan fingerprint density at radius 3 is 2.75 bits per heavy atom. The van der Waals surface area contributed by atoms with Crippen LogP contribution in [0.3, 0.4) is 0 Å². The van der Waals surface area contributed by atoms with E-state index >= 15 is 0 Å². The molecule has 2 aliphatic heterocycles. The lowest BCUT2D eigenvalue weighted by Gasteiger charge is -2.45. The number of rotatable bonds is 4. The maximum absolute atomic E-state index is 15.0. The van der Waals surface area contributed by atoms with Gasteiger partial charge in [-0.15, -0.1) is 0 Å². The van der Waals surface area contributed by atoms with Gasteiger partial charge in [0.25, 0.3) is 0 Å². The van der Waals surface area contributed by atoms with E-state index in [-0.39, 0.29) is 29.4 Å². The summed E-state index contributed by atoms with van der Waals surface area (Å²) in [5, 5.41) is 13.8. The van der Waals surface area contributed by atoms with Gasteiger partial charge < -0.3 is 25.0 Å². The molecule has 2 unspecified atom stereocenters. The molecule has 9 heteroatoms. The number of piperidine rings is 1. The highest BCUT2D eigenvalue weighted by atomic mass is 19.1. The largest absolute Gasteiger partial charge is 0.507 e. The van der Waals surface area contributed by atoms with Crippen molar-refractivity contribution in [3.8, 4) is 28.1 Å². The van der Waals surface area contributed by atoms with Crippen molar-refractivity contribution in [2.24, 2.45) is 0 Å². The molecule has 8 nitrogen and oxygen atoms in total. The van der Waals surface area contributed by atoms with Gasteiger partial charge in [0.2, 0.25) is 5.56 Å². The van der Waals surface area contributed by atoms with Gasteiger partial charge in [0.05, 0.1) is 43.4 Å². The molecule has 0 saturated carbocycles. The van der Waals surface area contributed by atoms with Crippen LogP contribution in [0.1, 0.15) is 6.42 Å². The van der Waals surface area contributed by atoms with Crippen molar-refractivity contribution < 1.29 is 14.2 Å². The highest BCUT2D eigenvalue weighted by molar-refractivity contribution is 5.74. The van der Waals surface area contributed by atoms with Crippen LogP contribution < -0.4 is 15.8 Å². The van der Waals surface area contributed by atoms with Gasteiger partial charge in [-0.25, -0.2) is 9.37 Å². The fourth-order valence-corrected chi connectivity index (χ4v) is 4.48.